The molecule has 0 saturated heterocycles. The molecule has 0 aliphatic carbocycles. The van der Waals surface area contributed by atoms with Gasteiger partial charge in [-0.15, -0.1) is 0 Å². The number of benzene rings is 2. The van der Waals surface area contributed by atoms with Crippen LogP contribution in [0.3, 0.4) is 0 Å². The first-order chi connectivity index (χ1) is 13.0. The van der Waals surface area contributed by atoms with Crippen LogP contribution in [0.1, 0.15) is 23.0 Å². The van der Waals surface area contributed by atoms with Gasteiger partial charge in [0.15, 0.2) is 0 Å². The molecule has 4 rings (SSSR count). The summed E-state index contributed by atoms with van der Waals surface area (Å²) in [6.07, 6.45) is 2.05. The van der Waals surface area contributed by atoms with Crippen LogP contribution in [-0.4, -0.2) is 21.4 Å². The third-order valence-corrected chi connectivity index (χ3v) is 4.89. The normalized spacial score (nSPS) is 15.9. The van der Waals surface area contributed by atoms with Crippen LogP contribution in [0.2, 0.25) is 0 Å². The summed E-state index contributed by atoms with van der Waals surface area (Å²) in [5.41, 5.74) is 2.85. The van der Waals surface area contributed by atoms with Gasteiger partial charge in [0.25, 0.3) is 0 Å². The first kappa shape index (κ1) is 17.9. The Kier molecular flexibility index (Phi) is 4.81. The average molecular weight is 480 g/mol. The number of nitrogens with zero attached hydrogens (tertiary/aromatic N) is 3. The number of halogens is 3. The average Bonchev–Trinajstić information content (AvgIpc) is 3.02. The highest BCUT2D eigenvalue weighted by molar-refractivity contribution is 14.1. The molecule has 1 atom stereocenters. The number of allylic oxidation sites excluding steroid dienone is 1. The quantitative estimate of drug-likeness (QED) is 0.543. The van der Waals surface area contributed by atoms with E-state index in [0.29, 0.717) is 11.8 Å². The van der Waals surface area contributed by atoms with Gasteiger partial charge in [-0.2, -0.15) is 18.9 Å². The Morgan fingerprint density at radius 1 is 1.11 bits per heavy atom. The van der Waals surface area contributed by atoms with Crippen molar-refractivity contribution in [2.45, 2.75) is 19.6 Å². The first-order valence-electron chi connectivity index (χ1n) is 8.22. The number of hydrogen-bond donors (Lipinski definition) is 1. The lowest BCUT2D eigenvalue weighted by Gasteiger charge is -2.24. The summed E-state index contributed by atoms with van der Waals surface area (Å²) < 4.78 is 32.1. The van der Waals surface area contributed by atoms with Gasteiger partial charge >= 0.3 is 6.61 Å². The highest BCUT2D eigenvalue weighted by Gasteiger charge is 2.24. The van der Waals surface area contributed by atoms with Crippen LogP contribution in [-0.2, 0) is 0 Å². The van der Waals surface area contributed by atoms with Crippen molar-refractivity contribution in [1.29, 1.82) is 0 Å². The lowest BCUT2D eigenvalue weighted by molar-refractivity contribution is -0.0498. The molecular weight excluding hydrogens is 465 g/mol. The van der Waals surface area contributed by atoms with Gasteiger partial charge in [0.05, 0.1) is 0 Å². The zero-order valence-corrected chi connectivity index (χ0v) is 16.4. The molecular formula is C19H15F2IN4O. The van der Waals surface area contributed by atoms with Crippen molar-refractivity contribution in [3.63, 3.8) is 0 Å². The van der Waals surface area contributed by atoms with Crippen molar-refractivity contribution in [3.8, 4) is 5.75 Å². The number of aryl methyl sites for hydroxylation is 1. The summed E-state index contributed by atoms with van der Waals surface area (Å²) in [7, 11) is 0. The fourth-order valence-electron chi connectivity index (χ4n) is 2.98. The Bertz CT molecular complexity index is 984. The van der Waals surface area contributed by atoms with E-state index in [-0.39, 0.29) is 11.8 Å². The highest BCUT2D eigenvalue weighted by atomic mass is 127. The van der Waals surface area contributed by atoms with E-state index in [1.807, 2.05) is 37.3 Å². The van der Waals surface area contributed by atoms with Gasteiger partial charge in [-0.25, -0.2) is 4.68 Å². The number of anilines is 1. The molecule has 2 heterocycles. The molecule has 0 radical (unpaired) electrons. The Hall–Kier alpha value is -2.49. The molecule has 2 aromatic carbocycles. The van der Waals surface area contributed by atoms with Crippen LogP contribution in [0.5, 0.6) is 5.75 Å². The molecule has 1 aliphatic heterocycles. The van der Waals surface area contributed by atoms with Crippen LogP contribution in [0.15, 0.2) is 54.6 Å². The molecule has 27 heavy (non-hydrogen) atoms. The molecule has 0 bridgehead atoms. The standard InChI is InChI=1S/C19H15F2IN4O/c1-11-23-19-24-16(12-2-6-14(22)7-3-12)10-17(26(19)25-11)13-4-8-15(9-5-13)27-18(20)21/h2-10,17-18H,1H3,(H,23,24,25)/t17-/m1/s1. The summed E-state index contributed by atoms with van der Waals surface area (Å²) in [4.78, 5) is 4.45. The van der Waals surface area contributed by atoms with Gasteiger partial charge in [-0.1, -0.05) is 24.3 Å². The summed E-state index contributed by atoms with van der Waals surface area (Å²) in [5.74, 6) is 1.42. The maximum atomic E-state index is 12.4. The zero-order chi connectivity index (χ0) is 19.0. The van der Waals surface area contributed by atoms with Gasteiger partial charge in [0.2, 0.25) is 5.95 Å². The second kappa shape index (κ2) is 7.26. The number of alkyl halides is 2. The monoisotopic (exact) mass is 480 g/mol. The molecule has 0 fully saturated rings. The van der Waals surface area contributed by atoms with E-state index in [4.69, 9.17) is 0 Å². The van der Waals surface area contributed by atoms with Crippen molar-refractivity contribution in [3.05, 3.63) is 75.1 Å². The number of ether oxygens (including phenoxy) is 1. The number of hydrogen-bond acceptors (Lipinski definition) is 4. The van der Waals surface area contributed by atoms with Crippen molar-refractivity contribution < 1.29 is 13.5 Å². The lowest BCUT2D eigenvalue weighted by atomic mass is 10.0. The molecule has 0 spiro atoms. The van der Waals surface area contributed by atoms with Gasteiger partial charge in [-0.05, 0) is 71.0 Å². The molecule has 0 saturated carbocycles. The molecule has 138 valence electrons. The second-order valence-corrected chi connectivity index (χ2v) is 7.28. The van der Waals surface area contributed by atoms with Crippen LogP contribution in [0, 0.1) is 10.5 Å². The molecule has 1 aromatic heterocycles. The summed E-state index contributed by atoms with van der Waals surface area (Å²) >= 11 is 2.26. The Morgan fingerprint density at radius 3 is 2.48 bits per heavy atom. The first-order valence-corrected chi connectivity index (χ1v) is 9.30. The molecule has 5 nitrogen and oxygen atoms in total. The second-order valence-electron chi connectivity index (χ2n) is 6.03. The largest absolute Gasteiger partial charge is 0.435 e. The topological polar surface area (TPSA) is 52.0 Å². The van der Waals surface area contributed by atoms with E-state index in [2.05, 4.69) is 42.7 Å². The minimum absolute atomic E-state index is 0.125. The highest BCUT2D eigenvalue weighted by Crippen LogP contribution is 2.33. The maximum Gasteiger partial charge on any atom is 0.387 e. The molecule has 1 N–H and O–H groups in total. The van der Waals surface area contributed by atoms with E-state index in [9.17, 15) is 8.78 Å². The third kappa shape index (κ3) is 3.80. The van der Waals surface area contributed by atoms with Gasteiger partial charge in [0, 0.05) is 9.27 Å². The van der Waals surface area contributed by atoms with Crippen molar-refractivity contribution >= 4 is 34.2 Å². The zero-order valence-electron chi connectivity index (χ0n) is 14.2. The van der Waals surface area contributed by atoms with Crippen LogP contribution in [0.4, 0.5) is 14.7 Å². The molecule has 3 aromatic rings. The molecule has 1 aliphatic rings. The number of fused-ring (bicyclic) bond motifs is 1. The molecule has 8 heteroatoms. The number of aromatic nitrogens is 3. The van der Waals surface area contributed by atoms with E-state index in [0.717, 1.165) is 20.4 Å². The Balaban J connectivity index is 1.73. The Morgan fingerprint density at radius 2 is 1.81 bits per heavy atom. The minimum Gasteiger partial charge on any atom is -0.435 e. The van der Waals surface area contributed by atoms with Gasteiger partial charge < -0.3 is 10.1 Å². The summed E-state index contributed by atoms with van der Waals surface area (Å²) in [5, 5.41) is 7.78. The van der Waals surface area contributed by atoms with E-state index in [1.165, 1.54) is 12.1 Å². The smallest absolute Gasteiger partial charge is 0.387 e. The minimum atomic E-state index is -2.84. The fourth-order valence-corrected chi connectivity index (χ4v) is 3.34. The number of nitrogens with one attached hydrogen (secondary N) is 1. The van der Waals surface area contributed by atoms with Gasteiger partial charge in [-0.3, -0.25) is 0 Å². The van der Waals surface area contributed by atoms with Crippen LogP contribution in [0.25, 0.3) is 5.70 Å². The fraction of sp³-hybridized carbons (Fsp3) is 0.158. The van der Waals surface area contributed by atoms with Crippen molar-refractivity contribution in [2.75, 3.05) is 5.32 Å². The van der Waals surface area contributed by atoms with Gasteiger partial charge in [0.1, 0.15) is 17.6 Å². The predicted molar refractivity (Wildman–Crippen MR) is 107 cm³/mol. The predicted octanol–water partition coefficient (Wildman–Crippen LogP) is 4.85. The number of rotatable bonds is 4. The lowest BCUT2D eigenvalue weighted by Crippen LogP contribution is -2.20. The molecule has 0 unspecified atom stereocenters. The van der Waals surface area contributed by atoms with Crippen molar-refractivity contribution in [2.24, 2.45) is 0 Å². The SMILES string of the molecule is Cc1nc2n(n1)[C@@H](c1ccc(OC(F)F)cc1)C=C(c1ccc(I)cc1)N2. The maximum absolute atomic E-state index is 12.4. The van der Waals surface area contributed by atoms with Crippen LogP contribution >= 0.6 is 22.6 Å². The summed E-state index contributed by atoms with van der Waals surface area (Å²) in [6.45, 7) is -1.01. The van der Waals surface area contributed by atoms with E-state index in [1.54, 1.807) is 16.8 Å². The van der Waals surface area contributed by atoms with E-state index < -0.39 is 6.61 Å². The van der Waals surface area contributed by atoms with Crippen LogP contribution < -0.4 is 10.1 Å². The summed E-state index contributed by atoms with van der Waals surface area (Å²) in [6, 6.07) is 14.5. The Labute approximate surface area is 168 Å². The molecule has 0 amide bonds. The third-order valence-electron chi connectivity index (χ3n) is 4.17. The van der Waals surface area contributed by atoms with Crippen molar-refractivity contribution in [1.82, 2.24) is 14.8 Å². The van der Waals surface area contributed by atoms with E-state index >= 15 is 0 Å².